The molecule has 1 saturated heterocycles. The monoisotopic (exact) mass is 380 g/mol. The first-order chi connectivity index (χ1) is 12.4. The number of H-pyrrole nitrogens is 1. The van der Waals surface area contributed by atoms with E-state index in [1.807, 2.05) is 0 Å². The van der Waals surface area contributed by atoms with Gasteiger partial charge in [-0.3, -0.25) is 9.89 Å². The maximum absolute atomic E-state index is 13.3. The molecule has 1 aliphatic heterocycles. The number of carbonyl (C=O) groups excluding carboxylic acids is 1. The number of aromatic nitrogens is 2. The highest BCUT2D eigenvalue weighted by Gasteiger charge is 2.30. The van der Waals surface area contributed by atoms with Crippen molar-refractivity contribution in [1.82, 2.24) is 14.5 Å². The highest BCUT2D eigenvalue weighted by atomic mass is 32.2. The minimum absolute atomic E-state index is 0.0694. The van der Waals surface area contributed by atoms with Crippen LogP contribution in [0.5, 0.6) is 0 Å². The molecule has 140 valence electrons. The summed E-state index contributed by atoms with van der Waals surface area (Å²) in [7, 11) is -3.21. The first-order valence-corrected chi connectivity index (χ1v) is 10.1. The Kier molecular flexibility index (Phi) is 5.38. The number of piperidine rings is 1. The number of amides is 1. The number of hydrogen-bond acceptors (Lipinski definition) is 4. The molecule has 0 aliphatic carbocycles. The molecular weight excluding hydrogens is 359 g/mol. The van der Waals surface area contributed by atoms with Gasteiger partial charge in [0.2, 0.25) is 15.9 Å². The van der Waals surface area contributed by atoms with Crippen LogP contribution in [0.25, 0.3) is 11.3 Å². The van der Waals surface area contributed by atoms with Gasteiger partial charge in [0.15, 0.2) is 5.82 Å². The SMILES string of the molecule is CCS(=O)(=O)N1CCC(C(=O)Nc2cc(-c3cccc(F)c3)[nH]n2)CC1. The minimum Gasteiger partial charge on any atom is -0.309 e. The molecule has 1 fully saturated rings. The minimum atomic E-state index is -3.21. The molecule has 0 bridgehead atoms. The van der Waals surface area contributed by atoms with E-state index in [1.54, 1.807) is 25.1 Å². The molecule has 1 aromatic heterocycles. The van der Waals surface area contributed by atoms with Crippen LogP contribution in [-0.2, 0) is 14.8 Å². The Morgan fingerprint density at radius 2 is 2.08 bits per heavy atom. The topological polar surface area (TPSA) is 95.2 Å². The van der Waals surface area contributed by atoms with E-state index in [4.69, 9.17) is 0 Å². The van der Waals surface area contributed by atoms with E-state index < -0.39 is 10.0 Å². The van der Waals surface area contributed by atoms with E-state index in [-0.39, 0.29) is 23.4 Å². The fourth-order valence-corrected chi connectivity index (χ4v) is 4.13. The molecule has 26 heavy (non-hydrogen) atoms. The number of benzene rings is 1. The third-order valence-corrected chi connectivity index (χ3v) is 6.43. The lowest BCUT2D eigenvalue weighted by molar-refractivity contribution is -0.120. The van der Waals surface area contributed by atoms with Crippen LogP contribution in [0.4, 0.5) is 10.2 Å². The smallest absolute Gasteiger partial charge is 0.228 e. The van der Waals surface area contributed by atoms with Crippen molar-refractivity contribution in [3.63, 3.8) is 0 Å². The number of sulfonamides is 1. The molecule has 0 saturated carbocycles. The first-order valence-electron chi connectivity index (χ1n) is 8.49. The number of nitrogens with zero attached hydrogens (tertiary/aromatic N) is 2. The second-order valence-corrected chi connectivity index (χ2v) is 8.50. The summed E-state index contributed by atoms with van der Waals surface area (Å²) in [5, 5.41) is 9.55. The van der Waals surface area contributed by atoms with Crippen molar-refractivity contribution in [2.75, 3.05) is 24.2 Å². The molecule has 1 aromatic carbocycles. The van der Waals surface area contributed by atoms with Crippen LogP contribution in [0.3, 0.4) is 0 Å². The van der Waals surface area contributed by atoms with Gasteiger partial charge in [-0.05, 0) is 31.9 Å². The first kappa shape index (κ1) is 18.5. The summed E-state index contributed by atoms with van der Waals surface area (Å²) in [5.74, 6) is -0.363. The molecule has 2 heterocycles. The Labute approximate surface area is 151 Å². The standard InChI is InChI=1S/C17H21FN4O3S/c1-2-26(24,25)22-8-6-12(7-9-22)17(23)19-16-11-15(20-21-16)13-4-3-5-14(18)10-13/h3-5,10-12H,2,6-9H2,1H3,(H2,19,20,21,23). The fourth-order valence-electron chi connectivity index (χ4n) is 3.00. The number of rotatable bonds is 5. The lowest BCUT2D eigenvalue weighted by Crippen LogP contribution is -2.42. The van der Waals surface area contributed by atoms with E-state index >= 15 is 0 Å². The van der Waals surface area contributed by atoms with Gasteiger partial charge in [-0.2, -0.15) is 5.10 Å². The molecule has 1 aliphatic rings. The Balaban J connectivity index is 1.60. The maximum Gasteiger partial charge on any atom is 0.228 e. The number of halogens is 1. The second-order valence-electron chi connectivity index (χ2n) is 6.24. The van der Waals surface area contributed by atoms with Gasteiger partial charge in [0, 0.05) is 30.6 Å². The molecule has 0 spiro atoms. The zero-order valence-electron chi connectivity index (χ0n) is 14.4. The Bertz CT molecular complexity index is 889. The van der Waals surface area contributed by atoms with Crippen LogP contribution in [0.2, 0.25) is 0 Å². The average molecular weight is 380 g/mol. The van der Waals surface area contributed by atoms with Crippen molar-refractivity contribution in [2.45, 2.75) is 19.8 Å². The molecule has 3 rings (SSSR count). The lowest BCUT2D eigenvalue weighted by Gasteiger charge is -2.30. The van der Waals surface area contributed by atoms with Crippen LogP contribution in [0.15, 0.2) is 30.3 Å². The molecule has 2 aromatic rings. The van der Waals surface area contributed by atoms with E-state index in [2.05, 4.69) is 15.5 Å². The van der Waals surface area contributed by atoms with Gasteiger partial charge < -0.3 is 5.32 Å². The van der Waals surface area contributed by atoms with Gasteiger partial charge in [0.1, 0.15) is 5.82 Å². The summed E-state index contributed by atoms with van der Waals surface area (Å²) < 4.78 is 38.5. The summed E-state index contributed by atoms with van der Waals surface area (Å²) in [6.07, 6.45) is 0.957. The van der Waals surface area contributed by atoms with Gasteiger partial charge >= 0.3 is 0 Å². The van der Waals surface area contributed by atoms with Crippen LogP contribution in [-0.4, -0.2) is 47.7 Å². The van der Waals surface area contributed by atoms with Crippen LogP contribution < -0.4 is 5.32 Å². The van der Waals surface area contributed by atoms with Gasteiger partial charge in [0.05, 0.1) is 11.4 Å². The molecule has 0 atom stereocenters. The molecule has 7 nitrogen and oxygen atoms in total. The van der Waals surface area contributed by atoms with Crippen LogP contribution in [0.1, 0.15) is 19.8 Å². The Hall–Kier alpha value is -2.26. The van der Waals surface area contributed by atoms with Gasteiger partial charge in [-0.15, -0.1) is 0 Å². The molecule has 2 N–H and O–H groups in total. The Morgan fingerprint density at radius 1 is 1.35 bits per heavy atom. The number of nitrogens with one attached hydrogen (secondary N) is 2. The number of anilines is 1. The predicted octanol–water partition coefficient (Wildman–Crippen LogP) is 2.22. The van der Waals surface area contributed by atoms with Crippen molar-refractivity contribution in [1.29, 1.82) is 0 Å². The van der Waals surface area contributed by atoms with E-state index in [0.29, 0.717) is 43.0 Å². The normalized spacial score (nSPS) is 16.5. The van der Waals surface area contributed by atoms with Crippen molar-refractivity contribution in [3.8, 4) is 11.3 Å². The van der Waals surface area contributed by atoms with Crippen molar-refractivity contribution < 1.29 is 17.6 Å². The summed E-state index contributed by atoms with van der Waals surface area (Å²) in [6.45, 7) is 2.31. The summed E-state index contributed by atoms with van der Waals surface area (Å²) in [6, 6.07) is 7.72. The highest BCUT2D eigenvalue weighted by molar-refractivity contribution is 7.89. The number of aromatic amines is 1. The second kappa shape index (κ2) is 7.55. The summed E-state index contributed by atoms with van der Waals surface area (Å²) in [4.78, 5) is 12.4. The highest BCUT2D eigenvalue weighted by Crippen LogP contribution is 2.23. The number of carbonyl (C=O) groups is 1. The summed E-state index contributed by atoms with van der Waals surface area (Å²) in [5.41, 5.74) is 1.24. The molecule has 0 radical (unpaired) electrons. The lowest BCUT2D eigenvalue weighted by atomic mass is 9.97. The third-order valence-electron chi connectivity index (χ3n) is 4.55. The maximum atomic E-state index is 13.3. The molecule has 1 amide bonds. The predicted molar refractivity (Wildman–Crippen MR) is 96.4 cm³/mol. The van der Waals surface area contributed by atoms with Crippen LogP contribution in [0, 0.1) is 11.7 Å². The average Bonchev–Trinajstić information content (AvgIpc) is 3.10. The largest absolute Gasteiger partial charge is 0.309 e. The quantitative estimate of drug-likeness (QED) is 0.831. The fraction of sp³-hybridized carbons (Fsp3) is 0.412. The summed E-state index contributed by atoms with van der Waals surface area (Å²) >= 11 is 0. The molecule has 9 heteroatoms. The van der Waals surface area contributed by atoms with E-state index in [1.165, 1.54) is 16.4 Å². The third kappa shape index (κ3) is 4.10. The van der Waals surface area contributed by atoms with Gasteiger partial charge in [-0.1, -0.05) is 12.1 Å². The molecular formula is C17H21FN4O3S. The van der Waals surface area contributed by atoms with E-state index in [0.717, 1.165) is 0 Å². The zero-order valence-corrected chi connectivity index (χ0v) is 15.2. The zero-order chi connectivity index (χ0) is 18.7. The van der Waals surface area contributed by atoms with Crippen molar-refractivity contribution in [2.24, 2.45) is 5.92 Å². The van der Waals surface area contributed by atoms with E-state index in [9.17, 15) is 17.6 Å². The van der Waals surface area contributed by atoms with Gasteiger partial charge in [0.25, 0.3) is 0 Å². The Morgan fingerprint density at radius 3 is 2.73 bits per heavy atom. The van der Waals surface area contributed by atoms with Crippen LogP contribution >= 0.6 is 0 Å². The number of hydrogen-bond donors (Lipinski definition) is 2. The van der Waals surface area contributed by atoms with Crippen molar-refractivity contribution in [3.05, 3.63) is 36.1 Å². The molecule has 0 unspecified atom stereocenters. The van der Waals surface area contributed by atoms with Gasteiger partial charge in [-0.25, -0.2) is 17.1 Å². The van der Waals surface area contributed by atoms with Crippen molar-refractivity contribution >= 4 is 21.7 Å².